The van der Waals surface area contributed by atoms with Gasteiger partial charge in [0.05, 0.1) is 13.7 Å². The van der Waals surface area contributed by atoms with Crippen LogP contribution in [0, 0.1) is 5.41 Å². The molecule has 1 saturated heterocycles. The zero-order chi connectivity index (χ0) is 14.6. The van der Waals surface area contributed by atoms with E-state index >= 15 is 0 Å². The molecule has 2 rings (SSSR count). The van der Waals surface area contributed by atoms with Gasteiger partial charge in [-0.1, -0.05) is 12.1 Å². The third kappa shape index (κ3) is 3.31. The van der Waals surface area contributed by atoms with E-state index in [1.54, 1.807) is 14.0 Å². The third-order valence-corrected chi connectivity index (χ3v) is 4.18. The highest BCUT2D eigenvalue weighted by Gasteiger charge is 2.36. The van der Waals surface area contributed by atoms with Gasteiger partial charge in [-0.15, -0.1) is 0 Å². The Balaban J connectivity index is 2.11. The van der Waals surface area contributed by atoms with Crippen molar-refractivity contribution in [2.75, 3.05) is 26.8 Å². The molecule has 1 aliphatic heterocycles. The molecular formula is C16H23NO3. The zero-order valence-electron chi connectivity index (χ0n) is 12.3. The zero-order valence-corrected chi connectivity index (χ0v) is 12.3. The normalized spacial score (nSPS) is 22.6. The first-order chi connectivity index (χ1) is 9.58. The summed E-state index contributed by atoms with van der Waals surface area (Å²) in [4.78, 5) is 13.4. The summed E-state index contributed by atoms with van der Waals surface area (Å²) >= 11 is 0. The van der Waals surface area contributed by atoms with Crippen molar-refractivity contribution in [2.45, 2.75) is 26.2 Å². The number of hydrogen-bond acceptors (Lipinski definition) is 3. The highest BCUT2D eigenvalue weighted by molar-refractivity contribution is 5.73. The van der Waals surface area contributed by atoms with Gasteiger partial charge in [0.2, 0.25) is 5.91 Å². The highest BCUT2D eigenvalue weighted by Crippen LogP contribution is 2.33. The molecule has 0 aromatic heterocycles. The molecule has 0 aliphatic carbocycles. The summed E-state index contributed by atoms with van der Waals surface area (Å²) in [7, 11) is 1.65. The number of carbonyl (C=O) groups excluding carboxylic acids is 1. The first-order valence-corrected chi connectivity index (χ1v) is 7.08. The van der Waals surface area contributed by atoms with Gasteiger partial charge in [-0.3, -0.25) is 4.79 Å². The number of amides is 1. The smallest absolute Gasteiger partial charge is 0.219 e. The second-order valence-electron chi connectivity index (χ2n) is 5.73. The largest absolute Gasteiger partial charge is 0.497 e. The number of rotatable bonds is 4. The SMILES string of the molecule is COc1ccc(CC2(CO)CCCN(C(C)=O)C2)cc1. The van der Waals surface area contributed by atoms with Crippen LogP contribution in [0.1, 0.15) is 25.3 Å². The molecular weight excluding hydrogens is 254 g/mol. The first kappa shape index (κ1) is 14.9. The van der Waals surface area contributed by atoms with Crippen LogP contribution in [0.15, 0.2) is 24.3 Å². The minimum Gasteiger partial charge on any atom is -0.497 e. The molecule has 1 N–H and O–H groups in total. The molecule has 110 valence electrons. The molecule has 0 spiro atoms. The van der Waals surface area contributed by atoms with E-state index in [1.165, 1.54) is 5.56 Å². The fraction of sp³-hybridized carbons (Fsp3) is 0.562. The van der Waals surface area contributed by atoms with Gasteiger partial charge < -0.3 is 14.7 Å². The van der Waals surface area contributed by atoms with Crippen molar-refractivity contribution in [3.05, 3.63) is 29.8 Å². The average Bonchev–Trinajstić information content (AvgIpc) is 2.48. The van der Waals surface area contributed by atoms with Crippen LogP contribution < -0.4 is 4.74 Å². The van der Waals surface area contributed by atoms with E-state index in [4.69, 9.17) is 4.74 Å². The molecule has 20 heavy (non-hydrogen) atoms. The molecule has 0 bridgehead atoms. The van der Waals surface area contributed by atoms with Crippen LogP contribution in [-0.2, 0) is 11.2 Å². The lowest BCUT2D eigenvalue weighted by atomic mass is 9.75. The summed E-state index contributed by atoms with van der Waals surface area (Å²) in [5.74, 6) is 0.929. The minimum atomic E-state index is -0.210. The third-order valence-electron chi connectivity index (χ3n) is 4.18. The molecule has 0 radical (unpaired) electrons. The lowest BCUT2D eigenvalue weighted by Crippen LogP contribution is -2.48. The van der Waals surface area contributed by atoms with E-state index in [-0.39, 0.29) is 17.9 Å². The van der Waals surface area contributed by atoms with Gasteiger partial charge >= 0.3 is 0 Å². The molecule has 4 nitrogen and oxygen atoms in total. The van der Waals surface area contributed by atoms with Gasteiger partial charge in [0, 0.05) is 25.4 Å². The number of carbonyl (C=O) groups is 1. The highest BCUT2D eigenvalue weighted by atomic mass is 16.5. The van der Waals surface area contributed by atoms with Crippen molar-refractivity contribution in [1.82, 2.24) is 4.90 Å². The summed E-state index contributed by atoms with van der Waals surface area (Å²) in [5.41, 5.74) is 0.962. The predicted molar refractivity (Wildman–Crippen MR) is 77.7 cm³/mol. The summed E-state index contributed by atoms with van der Waals surface area (Å²) in [5, 5.41) is 9.84. The Bertz CT molecular complexity index is 457. The molecule has 1 heterocycles. The lowest BCUT2D eigenvalue weighted by molar-refractivity contribution is -0.133. The average molecular weight is 277 g/mol. The molecule has 1 unspecified atom stereocenters. The molecule has 1 fully saturated rings. The molecule has 1 atom stereocenters. The number of aliphatic hydroxyl groups excluding tert-OH is 1. The van der Waals surface area contributed by atoms with Gasteiger partial charge in [-0.2, -0.15) is 0 Å². The second-order valence-corrected chi connectivity index (χ2v) is 5.73. The fourth-order valence-electron chi connectivity index (χ4n) is 2.98. The van der Waals surface area contributed by atoms with Crippen LogP contribution in [0.5, 0.6) is 5.75 Å². The quantitative estimate of drug-likeness (QED) is 0.914. The maximum Gasteiger partial charge on any atom is 0.219 e. The van der Waals surface area contributed by atoms with Crippen molar-refractivity contribution >= 4 is 5.91 Å². The van der Waals surface area contributed by atoms with E-state index < -0.39 is 0 Å². The summed E-state index contributed by atoms with van der Waals surface area (Å²) in [6, 6.07) is 7.93. The number of piperidine rings is 1. The van der Waals surface area contributed by atoms with Crippen molar-refractivity contribution in [1.29, 1.82) is 0 Å². The predicted octanol–water partition coefficient (Wildman–Crippen LogP) is 1.86. The van der Waals surface area contributed by atoms with E-state index in [9.17, 15) is 9.90 Å². The van der Waals surface area contributed by atoms with Gasteiger partial charge in [0.15, 0.2) is 0 Å². The monoisotopic (exact) mass is 277 g/mol. The minimum absolute atomic E-state index is 0.0947. The van der Waals surface area contributed by atoms with Crippen LogP contribution >= 0.6 is 0 Å². The number of ether oxygens (including phenoxy) is 1. The number of likely N-dealkylation sites (tertiary alicyclic amines) is 1. The van der Waals surface area contributed by atoms with E-state index in [1.807, 2.05) is 29.2 Å². The summed E-state index contributed by atoms with van der Waals surface area (Å²) < 4.78 is 5.16. The van der Waals surface area contributed by atoms with Gasteiger partial charge in [-0.05, 0) is 37.0 Å². The standard InChI is InChI=1S/C16H23NO3/c1-13(19)17-9-3-8-16(11-17,12-18)10-14-4-6-15(20-2)7-5-14/h4-7,18H,3,8-12H2,1-2H3. The Kier molecular flexibility index (Phi) is 4.65. The van der Waals surface area contributed by atoms with E-state index in [2.05, 4.69) is 0 Å². The Morgan fingerprint density at radius 2 is 2.10 bits per heavy atom. The number of methoxy groups -OCH3 is 1. The van der Waals surface area contributed by atoms with Crippen molar-refractivity contribution in [3.8, 4) is 5.75 Å². The molecule has 1 aromatic rings. The number of benzene rings is 1. The molecule has 1 aliphatic rings. The Morgan fingerprint density at radius 3 is 2.65 bits per heavy atom. The molecule has 4 heteroatoms. The Hall–Kier alpha value is -1.55. The van der Waals surface area contributed by atoms with Crippen LogP contribution in [0.25, 0.3) is 0 Å². The van der Waals surface area contributed by atoms with Crippen LogP contribution in [0.4, 0.5) is 0 Å². The van der Waals surface area contributed by atoms with Crippen molar-refractivity contribution < 1.29 is 14.6 Å². The molecule has 0 saturated carbocycles. The van der Waals surface area contributed by atoms with Gasteiger partial charge in [0.25, 0.3) is 0 Å². The number of nitrogens with zero attached hydrogens (tertiary/aromatic N) is 1. The number of hydrogen-bond donors (Lipinski definition) is 1. The van der Waals surface area contributed by atoms with Crippen molar-refractivity contribution in [3.63, 3.8) is 0 Å². The second kappa shape index (κ2) is 6.27. The summed E-state index contributed by atoms with van der Waals surface area (Å²) in [6.45, 7) is 3.16. The topological polar surface area (TPSA) is 49.8 Å². The molecule has 1 aromatic carbocycles. The maximum atomic E-state index is 11.6. The fourth-order valence-corrected chi connectivity index (χ4v) is 2.98. The van der Waals surface area contributed by atoms with Crippen LogP contribution in [0.3, 0.4) is 0 Å². The van der Waals surface area contributed by atoms with Crippen LogP contribution in [-0.4, -0.2) is 42.7 Å². The first-order valence-electron chi connectivity index (χ1n) is 7.08. The number of aliphatic hydroxyl groups is 1. The Morgan fingerprint density at radius 1 is 1.40 bits per heavy atom. The maximum absolute atomic E-state index is 11.6. The van der Waals surface area contributed by atoms with Gasteiger partial charge in [-0.25, -0.2) is 0 Å². The van der Waals surface area contributed by atoms with Crippen molar-refractivity contribution in [2.24, 2.45) is 5.41 Å². The van der Waals surface area contributed by atoms with E-state index in [0.29, 0.717) is 6.54 Å². The van der Waals surface area contributed by atoms with Gasteiger partial charge in [0.1, 0.15) is 5.75 Å². The van der Waals surface area contributed by atoms with Crippen LogP contribution in [0.2, 0.25) is 0 Å². The lowest BCUT2D eigenvalue weighted by Gasteiger charge is -2.41. The van der Waals surface area contributed by atoms with E-state index in [0.717, 1.165) is 31.6 Å². The molecule has 1 amide bonds. The summed E-state index contributed by atoms with van der Waals surface area (Å²) in [6.07, 6.45) is 2.70. The Labute approximate surface area is 120 Å².